The second kappa shape index (κ2) is 9.87. The Bertz CT molecular complexity index is 1390. The van der Waals surface area contributed by atoms with Gasteiger partial charge in [0.25, 0.3) is 5.91 Å². The molecule has 1 aliphatic carbocycles. The van der Waals surface area contributed by atoms with Gasteiger partial charge in [0, 0.05) is 30.7 Å². The average molecular weight is 514 g/mol. The highest BCUT2D eigenvalue weighted by Gasteiger charge is 2.31. The van der Waals surface area contributed by atoms with E-state index in [-0.39, 0.29) is 23.5 Å². The zero-order chi connectivity index (χ0) is 25.4. The van der Waals surface area contributed by atoms with E-state index in [0.29, 0.717) is 59.3 Å². The summed E-state index contributed by atoms with van der Waals surface area (Å²) in [5.74, 6) is -0.142. The van der Waals surface area contributed by atoms with Crippen molar-refractivity contribution in [3.63, 3.8) is 0 Å². The van der Waals surface area contributed by atoms with Crippen LogP contribution >= 0.6 is 0 Å². The summed E-state index contributed by atoms with van der Waals surface area (Å²) in [4.78, 5) is 12.8. The first-order chi connectivity index (χ1) is 17.2. The number of rotatable bonds is 9. The van der Waals surface area contributed by atoms with Gasteiger partial charge in [0.15, 0.2) is 0 Å². The molecule has 1 saturated carbocycles. The van der Waals surface area contributed by atoms with Crippen LogP contribution in [0.4, 0.5) is 10.1 Å². The summed E-state index contributed by atoms with van der Waals surface area (Å²) in [5, 5.41) is 12.7. The Balaban J connectivity index is 1.46. The van der Waals surface area contributed by atoms with Gasteiger partial charge in [-0.1, -0.05) is 0 Å². The van der Waals surface area contributed by atoms with Crippen LogP contribution in [0.15, 0.2) is 40.8 Å². The van der Waals surface area contributed by atoms with Crippen LogP contribution in [0.2, 0.25) is 6.32 Å². The van der Waals surface area contributed by atoms with Crippen LogP contribution in [-0.4, -0.2) is 45.9 Å². The van der Waals surface area contributed by atoms with Crippen LogP contribution in [0.5, 0.6) is 0 Å². The van der Waals surface area contributed by atoms with E-state index in [1.165, 1.54) is 19.2 Å². The molecular formula is C25H28BFN2O6S. The van der Waals surface area contributed by atoms with Crippen molar-refractivity contribution in [3.8, 4) is 11.3 Å². The van der Waals surface area contributed by atoms with E-state index >= 15 is 0 Å². The Labute approximate surface area is 209 Å². The highest BCUT2D eigenvalue weighted by atomic mass is 32.2. The first-order valence-electron chi connectivity index (χ1n) is 12.1. The van der Waals surface area contributed by atoms with Gasteiger partial charge in [-0.25, -0.2) is 12.8 Å². The van der Waals surface area contributed by atoms with E-state index in [9.17, 15) is 22.6 Å². The molecule has 0 spiro atoms. The van der Waals surface area contributed by atoms with E-state index in [4.69, 9.17) is 9.07 Å². The summed E-state index contributed by atoms with van der Waals surface area (Å²) in [5.41, 5.74) is 2.52. The highest BCUT2D eigenvalue weighted by molar-refractivity contribution is 7.92. The summed E-state index contributed by atoms with van der Waals surface area (Å²) < 4.78 is 53.3. The lowest BCUT2D eigenvalue weighted by molar-refractivity contribution is 0.0964. The third-order valence-electron chi connectivity index (χ3n) is 6.79. The standard InChI is InChI=1S/C25H28BFN2O6S/c1-28-25(30)23-20-11-19(16-4-5-16)21(12-22(20)35-24(23)17-6-8-18(27)9-7-17)29-36(32,33)10-2-3-15-13-26(31)34-14-15/h6-9,11-12,15-16,29,31H,2-5,10,13-14H2,1H3,(H,28,30). The minimum atomic E-state index is -3.63. The molecule has 1 aromatic heterocycles. The largest absolute Gasteiger partial charge is 0.455 e. The molecule has 11 heteroatoms. The molecule has 2 aromatic carbocycles. The third kappa shape index (κ3) is 5.28. The number of sulfonamides is 1. The van der Waals surface area contributed by atoms with Gasteiger partial charge >= 0.3 is 7.12 Å². The lowest BCUT2D eigenvalue weighted by Gasteiger charge is -2.13. The molecule has 1 saturated heterocycles. The molecule has 1 atom stereocenters. The van der Waals surface area contributed by atoms with Gasteiger partial charge in [0.2, 0.25) is 10.0 Å². The Kier molecular flexibility index (Phi) is 6.80. The monoisotopic (exact) mass is 514 g/mol. The van der Waals surface area contributed by atoms with Gasteiger partial charge in [-0.2, -0.15) is 0 Å². The second-order valence-electron chi connectivity index (χ2n) is 9.55. The van der Waals surface area contributed by atoms with Crippen molar-refractivity contribution >= 4 is 39.7 Å². The Morgan fingerprint density at radius 1 is 1.22 bits per heavy atom. The maximum absolute atomic E-state index is 13.5. The molecule has 0 radical (unpaired) electrons. The van der Waals surface area contributed by atoms with Crippen LogP contribution < -0.4 is 10.0 Å². The molecule has 2 aliphatic rings. The van der Waals surface area contributed by atoms with Crippen LogP contribution in [-0.2, 0) is 14.7 Å². The number of amides is 1. The van der Waals surface area contributed by atoms with Gasteiger partial charge in [0.05, 0.1) is 17.0 Å². The normalized spacial score (nSPS) is 18.1. The number of fused-ring (bicyclic) bond motifs is 1. The minimum Gasteiger partial charge on any atom is -0.455 e. The van der Waals surface area contributed by atoms with Gasteiger partial charge in [0.1, 0.15) is 17.2 Å². The topological polar surface area (TPSA) is 118 Å². The molecule has 190 valence electrons. The lowest BCUT2D eigenvalue weighted by atomic mass is 9.81. The van der Waals surface area contributed by atoms with Crippen molar-refractivity contribution in [2.45, 2.75) is 37.9 Å². The van der Waals surface area contributed by atoms with Crippen LogP contribution in [0.3, 0.4) is 0 Å². The molecular weight excluding hydrogens is 486 g/mol. The molecule has 2 heterocycles. The van der Waals surface area contributed by atoms with Crippen molar-refractivity contribution in [2.75, 3.05) is 24.1 Å². The van der Waals surface area contributed by atoms with Crippen LogP contribution in [0.25, 0.3) is 22.3 Å². The Morgan fingerprint density at radius 2 is 1.97 bits per heavy atom. The van der Waals surface area contributed by atoms with E-state index in [1.807, 2.05) is 6.07 Å². The first kappa shape index (κ1) is 24.8. The van der Waals surface area contributed by atoms with Crippen molar-refractivity contribution in [2.24, 2.45) is 5.92 Å². The number of carbonyl (C=O) groups excluding carboxylic acids is 1. The molecule has 1 amide bonds. The van der Waals surface area contributed by atoms with Crippen LogP contribution in [0.1, 0.15) is 47.5 Å². The Morgan fingerprint density at radius 3 is 2.61 bits per heavy atom. The number of halogens is 1. The molecule has 3 N–H and O–H groups in total. The number of carbonyl (C=O) groups is 1. The van der Waals surface area contributed by atoms with E-state index in [1.54, 1.807) is 18.2 Å². The molecule has 0 bridgehead atoms. The van der Waals surface area contributed by atoms with Gasteiger partial charge in [-0.3, -0.25) is 9.52 Å². The smallest absolute Gasteiger partial charge is 0.454 e. The minimum absolute atomic E-state index is 0.0514. The van der Waals surface area contributed by atoms with Gasteiger partial charge in [-0.05, 0) is 79.7 Å². The number of nitrogens with one attached hydrogen (secondary N) is 2. The average Bonchev–Trinajstić information content (AvgIpc) is 3.50. The fraction of sp³-hybridized carbons (Fsp3) is 0.400. The number of hydrogen-bond donors (Lipinski definition) is 3. The van der Waals surface area contributed by atoms with Gasteiger partial charge < -0.3 is 19.4 Å². The van der Waals surface area contributed by atoms with Crippen molar-refractivity contribution in [1.82, 2.24) is 5.32 Å². The molecule has 36 heavy (non-hydrogen) atoms. The predicted molar refractivity (Wildman–Crippen MR) is 136 cm³/mol. The van der Waals surface area contributed by atoms with Crippen molar-refractivity contribution < 1.29 is 31.7 Å². The van der Waals surface area contributed by atoms with E-state index in [2.05, 4.69) is 10.0 Å². The fourth-order valence-electron chi connectivity index (χ4n) is 4.79. The molecule has 1 unspecified atom stereocenters. The summed E-state index contributed by atoms with van der Waals surface area (Å²) in [6.07, 6.45) is 3.50. The first-order valence-corrected chi connectivity index (χ1v) is 13.8. The summed E-state index contributed by atoms with van der Waals surface area (Å²) in [6.45, 7) is 0.444. The molecule has 3 aromatic rings. The number of hydrogen-bond acceptors (Lipinski definition) is 6. The predicted octanol–water partition coefficient (Wildman–Crippen LogP) is 4.12. The Hall–Kier alpha value is -2.89. The molecule has 5 rings (SSSR count). The lowest BCUT2D eigenvalue weighted by Crippen LogP contribution is -2.19. The summed E-state index contributed by atoms with van der Waals surface area (Å²) >= 11 is 0. The van der Waals surface area contributed by atoms with Crippen molar-refractivity contribution in [1.29, 1.82) is 0 Å². The zero-order valence-corrected chi connectivity index (χ0v) is 20.7. The highest BCUT2D eigenvalue weighted by Crippen LogP contribution is 2.47. The summed E-state index contributed by atoms with van der Waals surface area (Å²) in [7, 11) is -2.87. The van der Waals surface area contributed by atoms with Crippen molar-refractivity contribution in [3.05, 3.63) is 53.3 Å². The maximum Gasteiger partial charge on any atom is 0.454 e. The fourth-order valence-corrected chi connectivity index (χ4v) is 5.95. The number of benzene rings is 2. The van der Waals surface area contributed by atoms with E-state index in [0.717, 1.165) is 18.4 Å². The second-order valence-corrected chi connectivity index (χ2v) is 11.4. The maximum atomic E-state index is 13.5. The quantitative estimate of drug-likeness (QED) is 0.370. The SMILES string of the molecule is CNC(=O)c1c(-c2ccc(F)cc2)oc2cc(NS(=O)(=O)CCCC3COB(O)C3)c(C3CC3)cc12. The van der Waals surface area contributed by atoms with Crippen LogP contribution in [0, 0.1) is 11.7 Å². The van der Waals surface area contributed by atoms with Gasteiger partial charge in [-0.15, -0.1) is 0 Å². The molecule has 8 nitrogen and oxygen atoms in total. The molecule has 1 aliphatic heterocycles. The van der Waals surface area contributed by atoms with E-state index < -0.39 is 23.0 Å². The number of anilines is 1. The zero-order valence-electron chi connectivity index (χ0n) is 19.9. The third-order valence-corrected chi connectivity index (χ3v) is 8.15. The molecule has 2 fully saturated rings. The summed E-state index contributed by atoms with van der Waals surface area (Å²) in [6, 6.07) is 9.15. The number of furan rings is 1.